The number of nitro benzene ring substituents is 1. The van der Waals surface area contributed by atoms with E-state index < -0.39 is 28.9 Å². The summed E-state index contributed by atoms with van der Waals surface area (Å²) in [6, 6.07) is 5.14. The molecule has 1 N–H and O–H groups in total. The van der Waals surface area contributed by atoms with Crippen LogP contribution in [-0.2, 0) is 6.61 Å². The molecule has 0 heterocycles. The Hall–Kier alpha value is -2.06. The van der Waals surface area contributed by atoms with Crippen LogP contribution in [0.1, 0.15) is 5.56 Å². The van der Waals surface area contributed by atoms with Gasteiger partial charge in [-0.3, -0.25) is 10.1 Å². The number of benzene rings is 2. The van der Waals surface area contributed by atoms with Crippen molar-refractivity contribution in [2.75, 3.05) is 0 Å². The molecule has 5 nitrogen and oxygen atoms in total. The molecule has 0 bridgehead atoms. The smallest absolute Gasteiger partial charge is 0.312 e. The Morgan fingerprint density at radius 3 is 2.57 bits per heavy atom. The van der Waals surface area contributed by atoms with Crippen LogP contribution in [0.3, 0.4) is 0 Å². The van der Waals surface area contributed by atoms with Crippen molar-refractivity contribution in [1.29, 1.82) is 0 Å². The summed E-state index contributed by atoms with van der Waals surface area (Å²) in [4.78, 5) is 10.2. The Morgan fingerprint density at radius 2 is 1.95 bits per heavy atom. The highest BCUT2D eigenvalue weighted by atomic mass is 79.9. The van der Waals surface area contributed by atoms with Crippen LogP contribution < -0.4 is 4.74 Å². The summed E-state index contributed by atoms with van der Waals surface area (Å²) in [6.07, 6.45) is 0. The van der Waals surface area contributed by atoms with Crippen LogP contribution in [0.4, 0.5) is 14.5 Å². The maximum atomic E-state index is 13.5. The minimum absolute atomic E-state index is 0.0797. The lowest BCUT2D eigenvalue weighted by Crippen LogP contribution is -1.96. The van der Waals surface area contributed by atoms with E-state index in [0.29, 0.717) is 0 Å². The highest BCUT2D eigenvalue weighted by molar-refractivity contribution is 9.10. The largest absolute Gasteiger partial charge is 0.450 e. The molecular weight excluding hydrogens is 352 g/mol. The van der Waals surface area contributed by atoms with E-state index in [2.05, 4.69) is 15.9 Å². The third-order valence-electron chi connectivity index (χ3n) is 2.54. The Balaban J connectivity index is 2.46. The second-order valence-corrected chi connectivity index (χ2v) is 4.90. The second kappa shape index (κ2) is 6.15. The van der Waals surface area contributed by atoms with Gasteiger partial charge in [-0.25, -0.2) is 8.78 Å². The first-order valence-electron chi connectivity index (χ1n) is 5.62. The third kappa shape index (κ3) is 3.53. The van der Waals surface area contributed by atoms with Crippen molar-refractivity contribution >= 4 is 21.6 Å². The van der Waals surface area contributed by atoms with Crippen molar-refractivity contribution in [3.63, 3.8) is 0 Å². The molecule has 2 aromatic rings. The molecule has 0 saturated carbocycles. The van der Waals surface area contributed by atoms with Gasteiger partial charge in [0.05, 0.1) is 16.0 Å². The summed E-state index contributed by atoms with van der Waals surface area (Å²) in [6.45, 7) is -0.426. The van der Waals surface area contributed by atoms with Gasteiger partial charge in [0.25, 0.3) is 0 Å². The second-order valence-electron chi connectivity index (χ2n) is 4.05. The molecule has 0 amide bonds. The van der Waals surface area contributed by atoms with Gasteiger partial charge in [-0.15, -0.1) is 0 Å². The Morgan fingerprint density at radius 1 is 1.24 bits per heavy atom. The van der Waals surface area contributed by atoms with Gasteiger partial charge < -0.3 is 9.84 Å². The summed E-state index contributed by atoms with van der Waals surface area (Å²) in [5.41, 5.74) is -0.247. The number of aliphatic hydroxyl groups excluding tert-OH is 1. The molecule has 0 aliphatic carbocycles. The minimum Gasteiger partial charge on any atom is -0.450 e. The lowest BCUT2D eigenvalue weighted by atomic mass is 10.2. The molecule has 0 aliphatic heterocycles. The molecule has 0 unspecified atom stereocenters. The van der Waals surface area contributed by atoms with Gasteiger partial charge in [-0.2, -0.15) is 0 Å². The van der Waals surface area contributed by atoms with Gasteiger partial charge in [0.15, 0.2) is 0 Å². The van der Waals surface area contributed by atoms with E-state index in [1.54, 1.807) is 0 Å². The van der Waals surface area contributed by atoms with E-state index in [9.17, 15) is 18.9 Å². The van der Waals surface area contributed by atoms with E-state index >= 15 is 0 Å². The topological polar surface area (TPSA) is 72.6 Å². The molecule has 0 saturated heterocycles. The summed E-state index contributed by atoms with van der Waals surface area (Å²) >= 11 is 2.84. The van der Waals surface area contributed by atoms with Crippen LogP contribution >= 0.6 is 15.9 Å². The van der Waals surface area contributed by atoms with E-state index in [0.717, 1.165) is 24.3 Å². The van der Waals surface area contributed by atoms with Crippen LogP contribution in [0.25, 0.3) is 0 Å². The average Bonchev–Trinajstić information content (AvgIpc) is 2.41. The maximum Gasteiger partial charge on any atom is 0.312 e. The number of rotatable bonds is 4. The lowest BCUT2D eigenvalue weighted by molar-refractivity contribution is -0.385. The zero-order chi connectivity index (χ0) is 15.6. The van der Waals surface area contributed by atoms with Crippen molar-refractivity contribution < 1.29 is 23.5 Å². The van der Waals surface area contributed by atoms with Gasteiger partial charge >= 0.3 is 5.69 Å². The van der Waals surface area contributed by atoms with Crippen LogP contribution in [0.5, 0.6) is 11.5 Å². The van der Waals surface area contributed by atoms with Crippen LogP contribution in [0.2, 0.25) is 0 Å². The fraction of sp³-hybridized carbons (Fsp3) is 0.0769. The molecule has 0 aliphatic rings. The van der Waals surface area contributed by atoms with E-state index in [1.807, 2.05) is 0 Å². The first kappa shape index (κ1) is 15.3. The van der Waals surface area contributed by atoms with E-state index in [4.69, 9.17) is 9.84 Å². The minimum atomic E-state index is -0.755. The number of nitro groups is 1. The molecule has 2 aromatic carbocycles. The number of hydrogen-bond acceptors (Lipinski definition) is 4. The molecule has 0 radical (unpaired) electrons. The number of nitrogens with zero attached hydrogens (tertiary/aromatic N) is 1. The molecule has 0 fully saturated rings. The van der Waals surface area contributed by atoms with E-state index in [1.165, 1.54) is 6.07 Å². The lowest BCUT2D eigenvalue weighted by Gasteiger charge is -2.08. The average molecular weight is 360 g/mol. The highest BCUT2D eigenvalue weighted by Gasteiger charge is 2.20. The Kier molecular flexibility index (Phi) is 4.49. The highest BCUT2D eigenvalue weighted by Crippen LogP contribution is 2.35. The van der Waals surface area contributed by atoms with Crippen LogP contribution in [0, 0.1) is 21.7 Å². The van der Waals surface area contributed by atoms with Gasteiger partial charge in [0.1, 0.15) is 17.4 Å². The van der Waals surface area contributed by atoms with Gasteiger partial charge in [0, 0.05) is 18.2 Å². The summed E-state index contributed by atoms with van der Waals surface area (Å²) < 4.78 is 31.9. The number of aliphatic hydroxyl groups is 1. The fourth-order valence-electron chi connectivity index (χ4n) is 1.64. The zero-order valence-corrected chi connectivity index (χ0v) is 11.9. The first-order chi connectivity index (χ1) is 9.90. The predicted molar refractivity (Wildman–Crippen MR) is 73.2 cm³/mol. The van der Waals surface area contributed by atoms with Gasteiger partial charge in [0.2, 0.25) is 5.75 Å². The fourth-order valence-corrected chi connectivity index (χ4v) is 1.97. The van der Waals surface area contributed by atoms with Crippen LogP contribution in [0.15, 0.2) is 34.8 Å². The number of hydrogen-bond donors (Lipinski definition) is 1. The molecule has 0 spiro atoms. The van der Waals surface area contributed by atoms with Crippen molar-refractivity contribution in [2.24, 2.45) is 0 Å². The monoisotopic (exact) mass is 359 g/mol. The third-order valence-corrected chi connectivity index (χ3v) is 3.15. The Bertz CT molecular complexity index is 709. The van der Waals surface area contributed by atoms with Crippen molar-refractivity contribution in [2.45, 2.75) is 6.61 Å². The molecule has 8 heteroatoms. The predicted octanol–water partition coefficient (Wildman–Crippen LogP) is 3.92. The van der Waals surface area contributed by atoms with Crippen molar-refractivity contribution in [3.05, 3.63) is 62.1 Å². The molecule has 110 valence electrons. The molecule has 0 atom stereocenters. The van der Waals surface area contributed by atoms with Crippen molar-refractivity contribution in [1.82, 2.24) is 0 Å². The standard InChI is InChI=1S/C13H8BrF2NO4/c14-10-4-12(17(19)20)13(5-11(10)16)21-9-2-7(6-18)1-8(15)3-9/h1-5,18H,6H2. The Labute approximate surface area is 126 Å². The number of ether oxygens (including phenoxy) is 1. The number of halogens is 3. The molecular formula is C13H8BrF2NO4. The summed E-state index contributed by atoms with van der Waals surface area (Å²) in [5, 5.41) is 19.9. The van der Waals surface area contributed by atoms with Crippen LogP contribution in [-0.4, -0.2) is 10.0 Å². The molecule has 2 rings (SSSR count). The normalized spacial score (nSPS) is 10.5. The van der Waals surface area contributed by atoms with Crippen molar-refractivity contribution in [3.8, 4) is 11.5 Å². The molecule has 21 heavy (non-hydrogen) atoms. The van der Waals surface area contributed by atoms with E-state index in [-0.39, 0.29) is 21.5 Å². The quantitative estimate of drug-likeness (QED) is 0.663. The maximum absolute atomic E-state index is 13.5. The zero-order valence-electron chi connectivity index (χ0n) is 10.3. The summed E-state index contributed by atoms with van der Waals surface area (Å²) in [5.74, 6) is -1.88. The first-order valence-corrected chi connectivity index (χ1v) is 6.41. The molecule has 0 aromatic heterocycles. The van der Waals surface area contributed by atoms with Gasteiger partial charge in [-0.1, -0.05) is 0 Å². The SMILES string of the molecule is O=[N+]([O-])c1cc(Br)c(F)cc1Oc1cc(F)cc(CO)c1. The summed E-state index contributed by atoms with van der Waals surface area (Å²) in [7, 11) is 0. The van der Waals surface area contributed by atoms with Gasteiger partial charge in [-0.05, 0) is 33.6 Å².